The third-order valence-corrected chi connectivity index (χ3v) is 5.11. The van der Waals surface area contributed by atoms with Crippen LogP contribution in [0.2, 0.25) is 5.02 Å². The minimum atomic E-state index is -0.677. The van der Waals surface area contributed by atoms with Crippen molar-refractivity contribution in [3.63, 3.8) is 0 Å². The van der Waals surface area contributed by atoms with Crippen molar-refractivity contribution in [1.29, 1.82) is 0 Å². The fourth-order valence-corrected chi connectivity index (χ4v) is 3.58. The second kappa shape index (κ2) is 12.7. The van der Waals surface area contributed by atoms with Gasteiger partial charge in [-0.05, 0) is 24.1 Å². The van der Waals surface area contributed by atoms with Gasteiger partial charge in [-0.1, -0.05) is 54.1 Å². The number of ether oxygens (including phenoxy) is 1. The molecule has 2 aromatic carbocycles. The van der Waals surface area contributed by atoms with Gasteiger partial charge in [-0.15, -0.1) is 24.8 Å². The van der Waals surface area contributed by atoms with Crippen LogP contribution in [0.1, 0.15) is 12.5 Å². The Hall–Kier alpha value is -0.850. The van der Waals surface area contributed by atoms with E-state index in [1.54, 1.807) is 0 Å². The molecule has 0 radical (unpaired) electrons. The Kier molecular flexibility index (Phi) is 11.4. The highest BCUT2D eigenvalue weighted by Crippen LogP contribution is 2.27. The molecule has 28 heavy (non-hydrogen) atoms. The molecular weight excluding hydrogens is 419 g/mol. The summed E-state index contributed by atoms with van der Waals surface area (Å²) in [6, 6.07) is 16.6. The van der Waals surface area contributed by atoms with Crippen molar-refractivity contribution in [2.75, 3.05) is 39.3 Å². The molecule has 1 N–H and O–H groups in total. The zero-order valence-corrected chi connectivity index (χ0v) is 18.5. The zero-order chi connectivity index (χ0) is 18.4. The normalized spacial score (nSPS) is 16.1. The maximum absolute atomic E-state index is 9.76. The number of β-amino-alcohol motifs (C(OH)–C–C–N with tert-alkyl or cyclic N) is 1. The molecule has 1 heterocycles. The van der Waals surface area contributed by atoms with E-state index in [9.17, 15) is 5.11 Å². The number of rotatable bonds is 7. The third kappa shape index (κ3) is 7.20. The topological polar surface area (TPSA) is 35.9 Å². The lowest BCUT2D eigenvalue weighted by Crippen LogP contribution is -2.48. The SMILES string of the molecule is CCOC(O)CN1CCN(Cc2ccc(-c3ccccc3Cl)cc2)CC1.Cl.Cl. The molecule has 0 amide bonds. The summed E-state index contributed by atoms with van der Waals surface area (Å²) in [6.45, 7) is 7.92. The molecule has 1 aliphatic heterocycles. The average Bonchev–Trinajstić information content (AvgIpc) is 2.65. The van der Waals surface area contributed by atoms with Crippen molar-refractivity contribution in [3.8, 4) is 11.1 Å². The molecule has 0 saturated carbocycles. The highest BCUT2D eigenvalue weighted by atomic mass is 35.5. The van der Waals surface area contributed by atoms with Gasteiger partial charge in [-0.25, -0.2) is 0 Å². The monoisotopic (exact) mass is 446 g/mol. The van der Waals surface area contributed by atoms with Gasteiger partial charge in [0.1, 0.15) is 0 Å². The fraction of sp³-hybridized carbons (Fsp3) is 0.429. The summed E-state index contributed by atoms with van der Waals surface area (Å²) in [5, 5.41) is 10.5. The van der Waals surface area contributed by atoms with Crippen molar-refractivity contribution in [2.24, 2.45) is 0 Å². The Morgan fingerprint density at radius 1 is 0.964 bits per heavy atom. The number of halogens is 3. The smallest absolute Gasteiger partial charge is 0.167 e. The molecule has 0 spiro atoms. The molecule has 0 bridgehead atoms. The molecule has 156 valence electrons. The number of nitrogens with zero attached hydrogens (tertiary/aromatic N) is 2. The van der Waals surface area contributed by atoms with Gasteiger partial charge >= 0.3 is 0 Å². The fourth-order valence-electron chi connectivity index (χ4n) is 3.34. The van der Waals surface area contributed by atoms with Crippen LogP contribution in [0.3, 0.4) is 0 Å². The Balaban J connectivity index is 0.00000196. The first-order valence-electron chi connectivity index (χ1n) is 9.24. The number of aliphatic hydroxyl groups excluding tert-OH is 1. The highest BCUT2D eigenvalue weighted by Gasteiger charge is 2.19. The molecule has 3 rings (SSSR count). The molecule has 4 nitrogen and oxygen atoms in total. The van der Waals surface area contributed by atoms with Crippen molar-refractivity contribution in [1.82, 2.24) is 9.80 Å². The largest absolute Gasteiger partial charge is 0.367 e. The summed E-state index contributed by atoms with van der Waals surface area (Å²) in [5.74, 6) is 0. The van der Waals surface area contributed by atoms with Gasteiger partial charge < -0.3 is 9.84 Å². The van der Waals surface area contributed by atoms with E-state index >= 15 is 0 Å². The van der Waals surface area contributed by atoms with Crippen LogP contribution in [0.5, 0.6) is 0 Å². The number of piperazine rings is 1. The van der Waals surface area contributed by atoms with E-state index in [0.29, 0.717) is 13.2 Å². The maximum Gasteiger partial charge on any atom is 0.167 e. The van der Waals surface area contributed by atoms with Crippen LogP contribution in [-0.4, -0.2) is 60.5 Å². The highest BCUT2D eigenvalue weighted by molar-refractivity contribution is 6.33. The van der Waals surface area contributed by atoms with Gasteiger partial charge in [0.15, 0.2) is 6.29 Å². The van der Waals surface area contributed by atoms with Crippen molar-refractivity contribution in [3.05, 3.63) is 59.1 Å². The van der Waals surface area contributed by atoms with Gasteiger partial charge in [0.25, 0.3) is 0 Å². The summed E-state index contributed by atoms with van der Waals surface area (Å²) in [5.41, 5.74) is 3.53. The van der Waals surface area contributed by atoms with Gasteiger partial charge in [-0.3, -0.25) is 9.80 Å². The molecule has 0 aromatic heterocycles. The summed E-state index contributed by atoms with van der Waals surface area (Å²) >= 11 is 6.28. The second-order valence-electron chi connectivity index (χ2n) is 6.66. The first-order chi connectivity index (χ1) is 12.7. The predicted molar refractivity (Wildman–Crippen MR) is 121 cm³/mol. The number of benzene rings is 2. The minimum absolute atomic E-state index is 0. The first kappa shape index (κ1) is 25.2. The van der Waals surface area contributed by atoms with E-state index < -0.39 is 6.29 Å². The van der Waals surface area contributed by atoms with E-state index in [-0.39, 0.29) is 24.8 Å². The van der Waals surface area contributed by atoms with Crippen molar-refractivity contribution < 1.29 is 9.84 Å². The molecule has 2 aromatic rings. The van der Waals surface area contributed by atoms with E-state index in [0.717, 1.165) is 48.9 Å². The number of aliphatic hydroxyl groups is 1. The lowest BCUT2D eigenvalue weighted by Gasteiger charge is -2.35. The van der Waals surface area contributed by atoms with Crippen LogP contribution in [-0.2, 0) is 11.3 Å². The molecule has 1 atom stereocenters. The molecule has 1 aliphatic rings. The van der Waals surface area contributed by atoms with Gasteiger partial charge in [-0.2, -0.15) is 0 Å². The van der Waals surface area contributed by atoms with Crippen molar-refractivity contribution >= 4 is 36.4 Å². The Labute approximate surface area is 185 Å². The molecule has 1 unspecified atom stereocenters. The van der Waals surface area contributed by atoms with E-state index in [1.807, 2.05) is 31.2 Å². The number of hydrogen-bond acceptors (Lipinski definition) is 4. The van der Waals surface area contributed by atoms with Crippen LogP contribution < -0.4 is 0 Å². The number of hydrogen-bond donors (Lipinski definition) is 1. The molecule has 7 heteroatoms. The maximum atomic E-state index is 9.76. The van der Waals surface area contributed by atoms with Crippen molar-refractivity contribution in [2.45, 2.75) is 19.8 Å². The van der Waals surface area contributed by atoms with Gasteiger partial charge in [0, 0.05) is 56.5 Å². The lowest BCUT2D eigenvalue weighted by molar-refractivity contribution is -0.113. The lowest BCUT2D eigenvalue weighted by atomic mass is 10.0. The van der Waals surface area contributed by atoms with Crippen LogP contribution in [0, 0.1) is 0 Å². The Morgan fingerprint density at radius 2 is 1.57 bits per heavy atom. The van der Waals surface area contributed by atoms with E-state index in [4.69, 9.17) is 16.3 Å². The zero-order valence-electron chi connectivity index (χ0n) is 16.1. The second-order valence-corrected chi connectivity index (χ2v) is 7.07. The summed E-state index contributed by atoms with van der Waals surface area (Å²) < 4.78 is 5.21. The molecule has 1 fully saturated rings. The predicted octanol–water partition coefficient (Wildman–Crippen LogP) is 4.32. The Bertz CT molecular complexity index is 692. The minimum Gasteiger partial charge on any atom is -0.367 e. The summed E-state index contributed by atoms with van der Waals surface area (Å²) in [6.07, 6.45) is -0.677. The molecule has 0 aliphatic carbocycles. The van der Waals surface area contributed by atoms with Crippen LogP contribution in [0.4, 0.5) is 0 Å². The standard InChI is InChI=1S/C21H27ClN2O2.2ClH/c1-2-26-21(25)16-24-13-11-23(12-14-24)15-17-7-9-18(10-8-17)19-5-3-4-6-20(19)22;;/h3-10,21,25H,2,11-16H2,1H3;2*1H. The molecule has 1 saturated heterocycles. The van der Waals surface area contributed by atoms with Gasteiger partial charge in [0.05, 0.1) is 0 Å². The quantitative estimate of drug-likeness (QED) is 0.641. The summed E-state index contributed by atoms with van der Waals surface area (Å²) in [7, 11) is 0. The Morgan fingerprint density at radius 3 is 2.18 bits per heavy atom. The molecular formula is C21H29Cl3N2O2. The van der Waals surface area contributed by atoms with Crippen LogP contribution in [0.25, 0.3) is 11.1 Å². The summed E-state index contributed by atoms with van der Waals surface area (Å²) in [4.78, 5) is 4.71. The first-order valence-corrected chi connectivity index (χ1v) is 9.61. The van der Waals surface area contributed by atoms with E-state index in [2.05, 4.69) is 34.1 Å². The van der Waals surface area contributed by atoms with Crippen LogP contribution >= 0.6 is 36.4 Å². The van der Waals surface area contributed by atoms with Crippen LogP contribution in [0.15, 0.2) is 48.5 Å². The average molecular weight is 448 g/mol. The third-order valence-electron chi connectivity index (χ3n) is 4.78. The van der Waals surface area contributed by atoms with E-state index in [1.165, 1.54) is 5.56 Å². The van der Waals surface area contributed by atoms with Gasteiger partial charge in [0.2, 0.25) is 0 Å².